The lowest BCUT2D eigenvalue weighted by Crippen LogP contribution is -2.02. The lowest BCUT2D eigenvalue weighted by Gasteiger charge is -2.06. The molecule has 0 unspecified atom stereocenters. The molecule has 0 amide bonds. The number of benzene rings is 1. The Bertz CT molecular complexity index is 602. The zero-order valence-electron chi connectivity index (χ0n) is 11.3. The van der Waals surface area contributed by atoms with Gasteiger partial charge in [0.05, 0.1) is 18.9 Å². The molecule has 5 heteroatoms. The van der Waals surface area contributed by atoms with Crippen LogP contribution in [0.3, 0.4) is 0 Å². The van der Waals surface area contributed by atoms with Crippen molar-refractivity contribution in [2.75, 3.05) is 12.8 Å². The van der Waals surface area contributed by atoms with Gasteiger partial charge < -0.3 is 10.5 Å². The highest BCUT2D eigenvalue weighted by Gasteiger charge is 2.11. The van der Waals surface area contributed by atoms with Crippen LogP contribution >= 0.6 is 0 Å². The predicted molar refractivity (Wildman–Crippen MR) is 73.8 cm³/mol. The maximum absolute atomic E-state index is 11.5. The number of methoxy groups -OCH3 is 1. The average Bonchev–Trinajstić information content (AvgIpc) is 2.88. The van der Waals surface area contributed by atoms with E-state index in [0.29, 0.717) is 11.3 Å². The molecule has 2 aromatic rings. The van der Waals surface area contributed by atoms with E-state index in [1.54, 1.807) is 24.4 Å². The maximum atomic E-state index is 11.5. The Morgan fingerprint density at radius 1 is 1.42 bits per heavy atom. The number of carbonyl (C=O) groups excluding carboxylic acids is 1. The van der Waals surface area contributed by atoms with E-state index in [4.69, 9.17) is 10.5 Å². The summed E-state index contributed by atoms with van der Waals surface area (Å²) in [5, 5.41) is 4.27. The summed E-state index contributed by atoms with van der Waals surface area (Å²) in [6, 6.07) is 5.35. The lowest BCUT2D eigenvalue weighted by atomic mass is 10.0. The third-order valence-corrected chi connectivity index (χ3v) is 2.92. The predicted octanol–water partition coefficient (Wildman–Crippen LogP) is 2.50. The summed E-state index contributed by atoms with van der Waals surface area (Å²) in [6.45, 7) is 4.09. The molecule has 1 aromatic heterocycles. The van der Waals surface area contributed by atoms with Crippen molar-refractivity contribution in [1.82, 2.24) is 9.78 Å². The fourth-order valence-electron chi connectivity index (χ4n) is 1.81. The van der Waals surface area contributed by atoms with E-state index >= 15 is 0 Å². The smallest absolute Gasteiger partial charge is 0.337 e. The number of esters is 1. The van der Waals surface area contributed by atoms with Gasteiger partial charge in [0.25, 0.3) is 0 Å². The van der Waals surface area contributed by atoms with Crippen molar-refractivity contribution in [2.24, 2.45) is 0 Å². The highest BCUT2D eigenvalue weighted by atomic mass is 16.5. The van der Waals surface area contributed by atoms with Gasteiger partial charge in [-0.2, -0.15) is 5.10 Å². The van der Waals surface area contributed by atoms with Crippen LogP contribution in [0.2, 0.25) is 0 Å². The molecule has 0 aliphatic rings. The first-order chi connectivity index (χ1) is 9.02. The van der Waals surface area contributed by atoms with E-state index in [2.05, 4.69) is 5.10 Å². The van der Waals surface area contributed by atoms with Crippen molar-refractivity contribution >= 4 is 11.7 Å². The van der Waals surface area contributed by atoms with Gasteiger partial charge >= 0.3 is 5.97 Å². The summed E-state index contributed by atoms with van der Waals surface area (Å²) in [7, 11) is 1.36. The van der Waals surface area contributed by atoms with Crippen LogP contribution in [-0.2, 0) is 4.74 Å². The Kier molecular flexibility index (Phi) is 3.55. The quantitative estimate of drug-likeness (QED) is 0.679. The normalized spacial score (nSPS) is 10.7. The van der Waals surface area contributed by atoms with Crippen molar-refractivity contribution in [2.45, 2.75) is 19.9 Å². The molecule has 0 atom stereocenters. The Morgan fingerprint density at radius 3 is 2.74 bits per heavy atom. The van der Waals surface area contributed by atoms with Gasteiger partial charge in [0, 0.05) is 29.1 Å². The van der Waals surface area contributed by atoms with Gasteiger partial charge in [-0.15, -0.1) is 0 Å². The number of hydrogen-bond acceptors (Lipinski definition) is 4. The zero-order valence-corrected chi connectivity index (χ0v) is 11.3. The first-order valence-corrected chi connectivity index (χ1v) is 6.05. The van der Waals surface area contributed by atoms with Gasteiger partial charge in [-0.3, -0.25) is 4.68 Å². The summed E-state index contributed by atoms with van der Waals surface area (Å²) in [5.74, 6) is -0.377. The molecule has 0 saturated heterocycles. The molecule has 0 aliphatic carbocycles. The van der Waals surface area contributed by atoms with Gasteiger partial charge in [-0.1, -0.05) is 0 Å². The Morgan fingerprint density at radius 2 is 2.16 bits per heavy atom. The van der Waals surface area contributed by atoms with E-state index in [0.717, 1.165) is 11.1 Å². The molecular weight excluding hydrogens is 242 g/mol. The second-order valence-electron chi connectivity index (χ2n) is 4.60. The summed E-state index contributed by atoms with van der Waals surface area (Å²) in [4.78, 5) is 11.5. The van der Waals surface area contributed by atoms with E-state index in [1.807, 2.05) is 24.7 Å². The molecule has 1 heterocycles. The number of aromatic nitrogens is 2. The van der Waals surface area contributed by atoms with Crippen molar-refractivity contribution < 1.29 is 9.53 Å². The fraction of sp³-hybridized carbons (Fsp3) is 0.286. The number of nitrogens with two attached hydrogens (primary N) is 1. The van der Waals surface area contributed by atoms with Crippen molar-refractivity contribution in [3.05, 3.63) is 36.2 Å². The van der Waals surface area contributed by atoms with Gasteiger partial charge in [-0.25, -0.2) is 4.79 Å². The first kappa shape index (κ1) is 13.1. The third-order valence-electron chi connectivity index (χ3n) is 2.92. The maximum Gasteiger partial charge on any atom is 0.337 e. The van der Waals surface area contributed by atoms with Crippen molar-refractivity contribution in [3.63, 3.8) is 0 Å². The summed E-state index contributed by atoms with van der Waals surface area (Å²) in [5.41, 5.74) is 8.72. The number of rotatable bonds is 3. The second kappa shape index (κ2) is 5.14. The molecular formula is C14H17N3O2. The van der Waals surface area contributed by atoms with Crippen LogP contribution in [0, 0.1) is 0 Å². The molecule has 1 aromatic carbocycles. The standard InChI is InChI=1S/C14H17N3O2/c1-9(2)17-8-11(7-16-17)12-6-10(14(18)19-3)4-5-13(12)15/h4-9H,15H2,1-3H3. The minimum atomic E-state index is -0.377. The molecule has 0 radical (unpaired) electrons. The number of anilines is 1. The molecule has 2 rings (SSSR count). The van der Waals surface area contributed by atoms with E-state index < -0.39 is 0 Å². The zero-order chi connectivity index (χ0) is 14.0. The molecule has 2 N–H and O–H groups in total. The van der Waals surface area contributed by atoms with Gasteiger partial charge in [-0.05, 0) is 32.0 Å². The van der Waals surface area contributed by atoms with Crippen molar-refractivity contribution in [3.8, 4) is 11.1 Å². The van der Waals surface area contributed by atoms with E-state index in [1.165, 1.54) is 7.11 Å². The molecule has 0 aliphatic heterocycles. The van der Waals surface area contributed by atoms with Crippen molar-refractivity contribution in [1.29, 1.82) is 0 Å². The molecule has 0 bridgehead atoms. The Labute approximate surface area is 112 Å². The molecule has 0 saturated carbocycles. The number of carbonyl (C=O) groups is 1. The van der Waals surface area contributed by atoms with Gasteiger partial charge in [0.2, 0.25) is 0 Å². The average molecular weight is 259 g/mol. The Balaban J connectivity index is 2.45. The number of hydrogen-bond donors (Lipinski definition) is 1. The molecule has 0 fully saturated rings. The molecule has 19 heavy (non-hydrogen) atoms. The summed E-state index contributed by atoms with van der Waals surface area (Å²) >= 11 is 0. The third kappa shape index (κ3) is 2.59. The van der Waals surface area contributed by atoms with Crippen LogP contribution < -0.4 is 5.73 Å². The highest BCUT2D eigenvalue weighted by molar-refractivity contribution is 5.92. The summed E-state index contributed by atoms with van der Waals surface area (Å²) in [6.07, 6.45) is 3.66. The molecule has 0 spiro atoms. The summed E-state index contributed by atoms with van der Waals surface area (Å²) < 4.78 is 6.56. The van der Waals surface area contributed by atoms with Crippen LogP contribution in [-0.4, -0.2) is 22.9 Å². The second-order valence-corrected chi connectivity index (χ2v) is 4.60. The van der Waals surface area contributed by atoms with E-state index in [-0.39, 0.29) is 12.0 Å². The largest absolute Gasteiger partial charge is 0.465 e. The van der Waals surface area contributed by atoms with Gasteiger partial charge in [0.15, 0.2) is 0 Å². The van der Waals surface area contributed by atoms with Crippen LogP contribution in [0.4, 0.5) is 5.69 Å². The number of ether oxygens (including phenoxy) is 1. The first-order valence-electron chi connectivity index (χ1n) is 6.05. The number of nitrogens with zero attached hydrogens (tertiary/aromatic N) is 2. The number of nitrogen functional groups attached to an aromatic ring is 1. The minimum Gasteiger partial charge on any atom is -0.465 e. The highest BCUT2D eigenvalue weighted by Crippen LogP contribution is 2.27. The SMILES string of the molecule is COC(=O)c1ccc(N)c(-c2cnn(C(C)C)c2)c1. The van der Waals surface area contributed by atoms with Crippen LogP contribution in [0.25, 0.3) is 11.1 Å². The van der Waals surface area contributed by atoms with E-state index in [9.17, 15) is 4.79 Å². The monoisotopic (exact) mass is 259 g/mol. The molecule has 100 valence electrons. The van der Waals surface area contributed by atoms with Crippen LogP contribution in [0.15, 0.2) is 30.6 Å². The van der Waals surface area contributed by atoms with Crippen LogP contribution in [0.1, 0.15) is 30.2 Å². The fourth-order valence-corrected chi connectivity index (χ4v) is 1.81. The van der Waals surface area contributed by atoms with Gasteiger partial charge in [0.1, 0.15) is 0 Å². The molecule has 5 nitrogen and oxygen atoms in total. The van der Waals surface area contributed by atoms with Crippen LogP contribution in [0.5, 0.6) is 0 Å². The minimum absolute atomic E-state index is 0.277. The topological polar surface area (TPSA) is 70.1 Å². The Hall–Kier alpha value is -2.30. The lowest BCUT2D eigenvalue weighted by molar-refractivity contribution is 0.0601.